The van der Waals surface area contributed by atoms with Crippen LogP contribution in [0.15, 0.2) is 46.8 Å². The van der Waals surface area contributed by atoms with Crippen LogP contribution in [0.5, 0.6) is 0 Å². The summed E-state index contributed by atoms with van der Waals surface area (Å²) in [5.74, 6) is 0.673. The molecular weight excluding hydrogens is 308 g/mol. The van der Waals surface area contributed by atoms with E-state index in [1.165, 1.54) is 5.56 Å². The summed E-state index contributed by atoms with van der Waals surface area (Å²) < 4.78 is 0. The summed E-state index contributed by atoms with van der Waals surface area (Å²) in [6.07, 6.45) is 4.41. The van der Waals surface area contributed by atoms with Gasteiger partial charge in [0.05, 0.1) is 10.6 Å². The summed E-state index contributed by atoms with van der Waals surface area (Å²) >= 11 is 1.58. The maximum Gasteiger partial charge on any atom is 0.254 e. The monoisotopic (exact) mass is 324 g/mol. The minimum absolute atomic E-state index is 0.000530. The van der Waals surface area contributed by atoms with Gasteiger partial charge >= 0.3 is 0 Å². The van der Waals surface area contributed by atoms with E-state index in [-0.39, 0.29) is 5.56 Å². The first-order valence-electron chi connectivity index (χ1n) is 7.57. The van der Waals surface area contributed by atoms with Crippen molar-refractivity contribution in [1.82, 2.24) is 19.9 Å². The Bertz CT molecular complexity index is 858. The van der Waals surface area contributed by atoms with Gasteiger partial charge in [-0.3, -0.25) is 14.7 Å². The molecule has 3 aromatic rings. The molecule has 0 atom stereocenters. The minimum Gasteiger partial charge on any atom is -0.306 e. The lowest BCUT2D eigenvalue weighted by Gasteiger charge is -2.27. The van der Waals surface area contributed by atoms with Gasteiger partial charge in [0.15, 0.2) is 5.82 Å². The first kappa shape index (κ1) is 14.3. The van der Waals surface area contributed by atoms with Gasteiger partial charge in [-0.15, -0.1) is 11.3 Å². The molecule has 0 spiro atoms. The van der Waals surface area contributed by atoms with Crippen LogP contribution in [-0.4, -0.2) is 26.4 Å². The quantitative estimate of drug-likeness (QED) is 0.804. The number of thiophene rings is 1. The van der Waals surface area contributed by atoms with Crippen LogP contribution in [-0.2, 0) is 19.5 Å². The van der Waals surface area contributed by atoms with E-state index in [9.17, 15) is 4.79 Å². The number of rotatable bonds is 3. The van der Waals surface area contributed by atoms with Crippen LogP contribution < -0.4 is 5.56 Å². The third-order valence-electron chi connectivity index (χ3n) is 4.04. The Labute approximate surface area is 137 Å². The highest BCUT2D eigenvalue weighted by atomic mass is 32.1. The summed E-state index contributed by atoms with van der Waals surface area (Å²) in [5.41, 5.74) is 2.90. The Morgan fingerprint density at radius 3 is 3.04 bits per heavy atom. The number of H-pyrrole nitrogens is 1. The van der Waals surface area contributed by atoms with Gasteiger partial charge in [-0.25, -0.2) is 4.98 Å². The molecule has 1 aliphatic heterocycles. The SMILES string of the molecule is O=c1[nH]c(-c2cccs2)nc2c1CCN(Cc1cccnc1)C2. The van der Waals surface area contributed by atoms with E-state index >= 15 is 0 Å². The Morgan fingerprint density at radius 2 is 2.26 bits per heavy atom. The smallest absolute Gasteiger partial charge is 0.254 e. The lowest BCUT2D eigenvalue weighted by molar-refractivity contribution is 0.240. The van der Waals surface area contributed by atoms with Crippen molar-refractivity contribution in [1.29, 1.82) is 0 Å². The number of aromatic nitrogens is 3. The number of hydrogen-bond acceptors (Lipinski definition) is 5. The largest absolute Gasteiger partial charge is 0.306 e. The number of aromatic amines is 1. The van der Waals surface area contributed by atoms with Crippen molar-refractivity contribution in [3.05, 3.63) is 69.2 Å². The van der Waals surface area contributed by atoms with Crippen LogP contribution in [0.1, 0.15) is 16.8 Å². The molecule has 0 radical (unpaired) electrons. The van der Waals surface area contributed by atoms with Crippen LogP contribution >= 0.6 is 11.3 Å². The molecule has 3 aromatic heterocycles. The van der Waals surface area contributed by atoms with Gasteiger partial charge < -0.3 is 4.98 Å². The lowest BCUT2D eigenvalue weighted by atomic mass is 10.1. The second-order valence-corrected chi connectivity index (χ2v) is 6.59. The van der Waals surface area contributed by atoms with Gasteiger partial charge in [-0.1, -0.05) is 12.1 Å². The van der Waals surface area contributed by atoms with Gasteiger partial charge in [-0.2, -0.15) is 0 Å². The molecule has 0 unspecified atom stereocenters. The van der Waals surface area contributed by atoms with Gasteiger partial charge in [0, 0.05) is 37.6 Å². The summed E-state index contributed by atoms with van der Waals surface area (Å²) in [7, 11) is 0. The number of pyridine rings is 1. The van der Waals surface area contributed by atoms with Crippen LogP contribution in [0.25, 0.3) is 10.7 Å². The second kappa shape index (κ2) is 6.06. The summed E-state index contributed by atoms with van der Waals surface area (Å²) in [6.45, 7) is 2.40. The molecule has 0 aliphatic carbocycles. The van der Waals surface area contributed by atoms with E-state index in [2.05, 4.69) is 20.9 Å². The molecule has 23 heavy (non-hydrogen) atoms. The highest BCUT2D eigenvalue weighted by Crippen LogP contribution is 2.23. The standard InChI is InChI=1S/C17H16N4OS/c22-17-13-5-7-21(10-12-3-1-6-18-9-12)11-14(13)19-16(20-17)15-4-2-8-23-15/h1-4,6,8-9H,5,7,10-11H2,(H,19,20,22). The lowest BCUT2D eigenvalue weighted by Crippen LogP contribution is -2.35. The molecule has 0 amide bonds. The zero-order valence-corrected chi connectivity index (χ0v) is 13.3. The molecule has 1 N–H and O–H groups in total. The first-order valence-corrected chi connectivity index (χ1v) is 8.45. The highest BCUT2D eigenvalue weighted by Gasteiger charge is 2.21. The molecule has 0 fully saturated rings. The molecule has 0 aromatic carbocycles. The summed E-state index contributed by atoms with van der Waals surface area (Å²) in [5, 5.41) is 1.99. The van der Waals surface area contributed by atoms with Crippen LogP contribution in [0.2, 0.25) is 0 Å². The predicted molar refractivity (Wildman–Crippen MR) is 90.2 cm³/mol. The van der Waals surface area contributed by atoms with Gasteiger partial charge in [0.2, 0.25) is 0 Å². The average Bonchev–Trinajstić information content (AvgIpc) is 3.10. The molecular formula is C17H16N4OS. The highest BCUT2D eigenvalue weighted by molar-refractivity contribution is 7.13. The fraction of sp³-hybridized carbons (Fsp3) is 0.235. The summed E-state index contributed by atoms with van der Waals surface area (Å²) in [6, 6.07) is 7.97. The van der Waals surface area contributed by atoms with Crippen molar-refractivity contribution in [2.24, 2.45) is 0 Å². The number of nitrogens with zero attached hydrogens (tertiary/aromatic N) is 3. The van der Waals surface area contributed by atoms with E-state index in [0.717, 1.165) is 35.6 Å². The van der Waals surface area contributed by atoms with Crippen molar-refractivity contribution < 1.29 is 0 Å². The van der Waals surface area contributed by atoms with E-state index in [4.69, 9.17) is 4.98 Å². The molecule has 5 nitrogen and oxygen atoms in total. The third kappa shape index (κ3) is 2.95. The van der Waals surface area contributed by atoms with E-state index in [1.807, 2.05) is 29.8 Å². The zero-order valence-electron chi connectivity index (χ0n) is 12.5. The maximum absolute atomic E-state index is 12.3. The van der Waals surface area contributed by atoms with Crippen LogP contribution in [0, 0.1) is 0 Å². The third-order valence-corrected chi connectivity index (χ3v) is 4.91. The van der Waals surface area contributed by atoms with Crippen molar-refractivity contribution in [3.8, 4) is 10.7 Å². The predicted octanol–water partition coefficient (Wildman–Crippen LogP) is 2.45. The molecule has 0 bridgehead atoms. The van der Waals surface area contributed by atoms with Gasteiger partial charge in [-0.05, 0) is 29.5 Å². The Kier molecular flexibility index (Phi) is 3.77. The second-order valence-electron chi connectivity index (χ2n) is 5.64. The molecule has 0 saturated heterocycles. The van der Waals surface area contributed by atoms with Crippen molar-refractivity contribution in [2.45, 2.75) is 19.5 Å². The van der Waals surface area contributed by atoms with Crippen molar-refractivity contribution >= 4 is 11.3 Å². The minimum atomic E-state index is -0.000530. The number of hydrogen-bond donors (Lipinski definition) is 1. The maximum atomic E-state index is 12.3. The molecule has 6 heteroatoms. The van der Waals surface area contributed by atoms with E-state index in [0.29, 0.717) is 12.4 Å². The Balaban J connectivity index is 1.62. The molecule has 116 valence electrons. The molecule has 4 rings (SSSR count). The fourth-order valence-corrected chi connectivity index (χ4v) is 3.58. The van der Waals surface area contributed by atoms with Crippen molar-refractivity contribution in [3.63, 3.8) is 0 Å². The molecule has 4 heterocycles. The van der Waals surface area contributed by atoms with E-state index in [1.54, 1.807) is 17.5 Å². The zero-order chi connectivity index (χ0) is 15.6. The first-order chi connectivity index (χ1) is 11.3. The fourth-order valence-electron chi connectivity index (χ4n) is 2.91. The molecule has 0 saturated carbocycles. The van der Waals surface area contributed by atoms with Crippen molar-refractivity contribution in [2.75, 3.05) is 6.54 Å². The normalized spacial score (nSPS) is 14.6. The van der Waals surface area contributed by atoms with E-state index < -0.39 is 0 Å². The van der Waals surface area contributed by atoms with Gasteiger partial charge in [0.25, 0.3) is 5.56 Å². The Hall–Kier alpha value is -2.31. The van der Waals surface area contributed by atoms with Gasteiger partial charge in [0.1, 0.15) is 0 Å². The van der Waals surface area contributed by atoms with Crippen LogP contribution in [0.4, 0.5) is 0 Å². The number of fused-ring (bicyclic) bond motifs is 1. The van der Waals surface area contributed by atoms with Crippen LogP contribution in [0.3, 0.4) is 0 Å². The summed E-state index contributed by atoms with van der Waals surface area (Å²) in [4.78, 5) is 27.4. The topological polar surface area (TPSA) is 61.9 Å². The number of nitrogens with one attached hydrogen (secondary N) is 1. The molecule has 1 aliphatic rings. The Morgan fingerprint density at radius 1 is 1.30 bits per heavy atom. The average molecular weight is 324 g/mol.